The topological polar surface area (TPSA) is 68.5 Å². The lowest BCUT2D eigenvalue weighted by Gasteiger charge is -2.06. The highest BCUT2D eigenvalue weighted by molar-refractivity contribution is 6.05. The van der Waals surface area contributed by atoms with Crippen LogP contribution in [0.4, 0.5) is 5.69 Å². The quantitative estimate of drug-likeness (QED) is 0.870. The molecule has 0 saturated carbocycles. The summed E-state index contributed by atoms with van der Waals surface area (Å²) in [6.07, 6.45) is 2.12. The summed E-state index contributed by atoms with van der Waals surface area (Å²) < 4.78 is 9.86. The molecule has 0 fully saturated rings. The van der Waals surface area contributed by atoms with Crippen molar-refractivity contribution in [2.45, 2.75) is 13.3 Å². The molecule has 5 nitrogen and oxygen atoms in total. The normalized spacial score (nSPS) is 10.1. The summed E-state index contributed by atoms with van der Waals surface area (Å²) in [5.74, 6) is -0.0807. The molecule has 0 bridgehead atoms. The highest BCUT2D eigenvalue weighted by Gasteiger charge is 2.14. The fourth-order valence-corrected chi connectivity index (χ4v) is 1.86. The summed E-state index contributed by atoms with van der Waals surface area (Å²) >= 11 is 0. The zero-order valence-corrected chi connectivity index (χ0v) is 11.3. The Bertz CT molecular complexity index is 630. The van der Waals surface area contributed by atoms with Crippen molar-refractivity contribution in [3.8, 4) is 0 Å². The highest BCUT2D eigenvalue weighted by Crippen LogP contribution is 2.16. The Kier molecular flexibility index (Phi) is 4.20. The van der Waals surface area contributed by atoms with Gasteiger partial charge in [0.15, 0.2) is 0 Å². The van der Waals surface area contributed by atoms with Gasteiger partial charge < -0.3 is 14.5 Å². The predicted molar refractivity (Wildman–Crippen MR) is 73.8 cm³/mol. The van der Waals surface area contributed by atoms with Crippen LogP contribution in [0, 0.1) is 0 Å². The second-order valence-corrected chi connectivity index (χ2v) is 4.14. The Morgan fingerprint density at radius 2 is 2.10 bits per heavy atom. The number of aryl methyl sites for hydroxylation is 1. The molecule has 1 aromatic heterocycles. The lowest BCUT2D eigenvalue weighted by Crippen LogP contribution is -2.13. The second-order valence-electron chi connectivity index (χ2n) is 4.14. The Balaban J connectivity index is 2.18. The number of esters is 1. The molecule has 1 aromatic carbocycles. The van der Waals surface area contributed by atoms with Crippen LogP contribution in [-0.2, 0) is 11.2 Å². The average Bonchev–Trinajstić information content (AvgIpc) is 2.95. The van der Waals surface area contributed by atoms with Crippen molar-refractivity contribution in [2.24, 2.45) is 0 Å². The summed E-state index contributed by atoms with van der Waals surface area (Å²) in [4.78, 5) is 23.5. The number of amides is 1. The number of ether oxygens (including phenoxy) is 1. The number of benzene rings is 1. The monoisotopic (exact) mass is 273 g/mol. The van der Waals surface area contributed by atoms with Crippen LogP contribution in [0.3, 0.4) is 0 Å². The molecule has 2 aromatic rings. The van der Waals surface area contributed by atoms with Crippen molar-refractivity contribution in [2.75, 3.05) is 12.4 Å². The Hall–Kier alpha value is -2.56. The van der Waals surface area contributed by atoms with Gasteiger partial charge in [-0.2, -0.15) is 0 Å². The average molecular weight is 273 g/mol. The van der Waals surface area contributed by atoms with E-state index >= 15 is 0 Å². The molecule has 0 unspecified atom stereocenters. The molecule has 5 heteroatoms. The predicted octanol–water partition coefficient (Wildman–Crippen LogP) is 2.88. The number of anilines is 1. The number of hydrogen-bond acceptors (Lipinski definition) is 4. The van der Waals surface area contributed by atoms with Crippen LogP contribution in [0.25, 0.3) is 0 Å². The van der Waals surface area contributed by atoms with Gasteiger partial charge in [-0.05, 0) is 24.3 Å². The highest BCUT2D eigenvalue weighted by atomic mass is 16.5. The van der Waals surface area contributed by atoms with Gasteiger partial charge in [0.1, 0.15) is 5.76 Å². The SMILES string of the molecule is CCc1occc1C(=O)Nc1cccc(C(=O)OC)c1. The number of nitrogens with one attached hydrogen (secondary N) is 1. The molecule has 0 radical (unpaired) electrons. The minimum Gasteiger partial charge on any atom is -0.469 e. The maximum Gasteiger partial charge on any atom is 0.337 e. The van der Waals surface area contributed by atoms with Crippen molar-refractivity contribution in [3.63, 3.8) is 0 Å². The van der Waals surface area contributed by atoms with E-state index in [2.05, 4.69) is 10.1 Å². The second kappa shape index (κ2) is 6.06. The van der Waals surface area contributed by atoms with Crippen molar-refractivity contribution in [3.05, 3.63) is 53.5 Å². The standard InChI is InChI=1S/C15H15NO4/c1-3-13-12(7-8-20-13)14(17)16-11-6-4-5-10(9-11)15(18)19-2/h4-9H,3H2,1-2H3,(H,16,17). The van der Waals surface area contributed by atoms with Crippen LogP contribution in [0.15, 0.2) is 41.0 Å². The molecule has 0 aliphatic heterocycles. The van der Waals surface area contributed by atoms with E-state index in [1.54, 1.807) is 30.3 Å². The number of methoxy groups -OCH3 is 1. The van der Waals surface area contributed by atoms with E-state index < -0.39 is 5.97 Å². The summed E-state index contributed by atoms with van der Waals surface area (Å²) in [6.45, 7) is 1.91. The zero-order chi connectivity index (χ0) is 14.5. The van der Waals surface area contributed by atoms with Gasteiger partial charge in [0.05, 0.1) is 24.5 Å². The van der Waals surface area contributed by atoms with Crippen molar-refractivity contribution in [1.29, 1.82) is 0 Å². The maximum absolute atomic E-state index is 12.1. The number of rotatable bonds is 4. The van der Waals surface area contributed by atoms with Crippen LogP contribution in [-0.4, -0.2) is 19.0 Å². The molecule has 1 N–H and O–H groups in total. The Morgan fingerprint density at radius 3 is 2.80 bits per heavy atom. The van der Waals surface area contributed by atoms with E-state index in [9.17, 15) is 9.59 Å². The molecule has 0 saturated heterocycles. The van der Waals surface area contributed by atoms with E-state index in [0.717, 1.165) is 0 Å². The lowest BCUT2D eigenvalue weighted by molar-refractivity contribution is 0.0600. The third-order valence-electron chi connectivity index (χ3n) is 2.85. The van der Waals surface area contributed by atoms with Gasteiger partial charge in [-0.1, -0.05) is 13.0 Å². The molecule has 0 aliphatic rings. The van der Waals surface area contributed by atoms with E-state index in [1.165, 1.54) is 13.4 Å². The first-order valence-electron chi connectivity index (χ1n) is 6.21. The van der Waals surface area contributed by atoms with Gasteiger partial charge in [-0.15, -0.1) is 0 Å². The Labute approximate surface area is 116 Å². The Morgan fingerprint density at radius 1 is 1.30 bits per heavy atom. The fraction of sp³-hybridized carbons (Fsp3) is 0.200. The first kappa shape index (κ1) is 13.9. The van der Waals surface area contributed by atoms with Gasteiger partial charge in [-0.3, -0.25) is 4.79 Å². The first-order valence-corrected chi connectivity index (χ1v) is 6.21. The third kappa shape index (κ3) is 2.88. The molecule has 2 rings (SSSR count). The van der Waals surface area contributed by atoms with Crippen LogP contribution in [0.5, 0.6) is 0 Å². The van der Waals surface area contributed by atoms with Crippen molar-refractivity contribution in [1.82, 2.24) is 0 Å². The number of hydrogen-bond donors (Lipinski definition) is 1. The summed E-state index contributed by atoms with van der Waals surface area (Å²) in [5.41, 5.74) is 1.41. The summed E-state index contributed by atoms with van der Waals surface area (Å²) in [5, 5.41) is 2.73. The third-order valence-corrected chi connectivity index (χ3v) is 2.85. The lowest BCUT2D eigenvalue weighted by atomic mass is 10.1. The van der Waals surface area contributed by atoms with Gasteiger partial charge in [0, 0.05) is 12.1 Å². The van der Waals surface area contributed by atoms with E-state index in [0.29, 0.717) is 29.0 Å². The van der Waals surface area contributed by atoms with Gasteiger partial charge in [0.25, 0.3) is 5.91 Å². The van der Waals surface area contributed by atoms with Crippen LogP contribution < -0.4 is 5.32 Å². The van der Waals surface area contributed by atoms with E-state index in [1.807, 2.05) is 6.92 Å². The maximum atomic E-state index is 12.1. The molecule has 1 heterocycles. The summed E-state index contributed by atoms with van der Waals surface area (Å²) in [7, 11) is 1.31. The van der Waals surface area contributed by atoms with Crippen LogP contribution >= 0.6 is 0 Å². The molecule has 104 valence electrons. The van der Waals surface area contributed by atoms with Gasteiger partial charge >= 0.3 is 5.97 Å². The zero-order valence-electron chi connectivity index (χ0n) is 11.3. The van der Waals surface area contributed by atoms with Gasteiger partial charge in [-0.25, -0.2) is 4.79 Å². The molecule has 0 spiro atoms. The number of furan rings is 1. The van der Waals surface area contributed by atoms with Crippen LogP contribution in [0.1, 0.15) is 33.4 Å². The molecular weight excluding hydrogens is 258 g/mol. The summed E-state index contributed by atoms with van der Waals surface area (Å²) in [6, 6.07) is 8.19. The van der Waals surface area contributed by atoms with E-state index in [4.69, 9.17) is 4.42 Å². The molecule has 0 atom stereocenters. The fourth-order valence-electron chi connectivity index (χ4n) is 1.86. The molecular formula is C15H15NO4. The first-order chi connectivity index (χ1) is 9.65. The van der Waals surface area contributed by atoms with Crippen LogP contribution in [0.2, 0.25) is 0 Å². The molecule has 1 amide bonds. The largest absolute Gasteiger partial charge is 0.469 e. The minimum atomic E-state index is -0.446. The van der Waals surface area contributed by atoms with E-state index in [-0.39, 0.29) is 5.91 Å². The minimum absolute atomic E-state index is 0.266. The number of carbonyl (C=O) groups is 2. The van der Waals surface area contributed by atoms with Crippen molar-refractivity contribution >= 4 is 17.6 Å². The van der Waals surface area contributed by atoms with Gasteiger partial charge in [0.2, 0.25) is 0 Å². The smallest absolute Gasteiger partial charge is 0.337 e. The molecule has 0 aliphatic carbocycles. The number of carbonyl (C=O) groups excluding carboxylic acids is 2. The molecule has 20 heavy (non-hydrogen) atoms. The van der Waals surface area contributed by atoms with Crippen molar-refractivity contribution < 1.29 is 18.7 Å².